The van der Waals surface area contributed by atoms with E-state index >= 15 is 0 Å². The van der Waals surface area contributed by atoms with E-state index in [9.17, 15) is 4.79 Å². The van der Waals surface area contributed by atoms with Gasteiger partial charge in [0.25, 0.3) is 0 Å². The Labute approximate surface area is 123 Å². The van der Waals surface area contributed by atoms with Gasteiger partial charge in [0.2, 0.25) is 5.91 Å². The largest absolute Gasteiger partial charge is 0.353 e. The van der Waals surface area contributed by atoms with E-state index in [-0.39, 0.29) is 17.2 Å². The quantitative estimate of drug-likeness (QED) is 0.879. The number of amides is 1. The molecule has 0 spiro atoms. The Kier molecular flexibility index (Phi) is 4.60. The number of nitrogens with zero attached hydrogens (tertiary/aromatic N) is 2. The molecule has 1 aromatic heterocycles. The van der Waals surface area contributed by atoms with Gasteiger partial charge in [-0.2, -0.15) is 0 Å². The third-order valence-electron chi connectivity index (χ3n) is 2.79. The number of aromatic nitrogens is 2. The smallest absolute Gasteiger partial charge is 0.233 e. The van der Waals surface area contributed by atoms with Crippen LogP contribution in [0.1, 0.15) is 26.5 Å². The summed E-state index contributed by atoms with van der Waals surface area (Å²) in [5.41, 5.74) is 2.60. The highest BCUT2D eigenvalue weighted by molar-refractivity contribution is 8.00. The zero-order valence-corrected chi connectivity index (χ0v) is 13.0. The molecular weight excluding hydrogens is 270 g/mol. The predicted molar refractivity (Wildman–Crippen MR) is 82.9 cm³/mol. The second-order valence-electron chi connectivity index (χ2n) is 5.03. The van der Waals surface area contributed by atoms with Crippen LogP contribution in [0, 0.1) is 6.92 Å². The number of para-hydroxylation sites is 2. The van der Waals surface area contributed by atoms with Gasteiger partial charge in [0.1, 0.15) is 5.03 Å². The standard InChI is InChI=1S/C15H19N3OS/c1-9(2)16-14(19)11(4)20-15-10(3)17-12-7-5-6-8-13(12)18-15/h5-9,11H,1-4H3,(H,16,19). The van der Waals surface area contributed by atoms with Crippen LogP contribution in [0.4, 0.5) is 0 Å². The Balaban J connectivity index is 2.20. The number of carbonyl (C=O) groups is 1. The normalized spacial score (nSPS) is 12.7. The van der Waals surface area contributed by atoms with Crippen LogP contribution in [0.3, 0.4) is 0 Å². The molecule has 0 saturated heterocycles. The summed E-state index contributed by atoms with van der Waals surface area (Å²) in [6, 6.07) is 7.91. The van der Waals surface area contributed by atoms with Crippen LogP contribution >= 0.6 is 11.8 Å². The topological polar surface area (TPSA) is 54.9 Å². The van der Waals surface area contributed by atoms with Gasteiger partial charge in [-0.05, 0) is 39.8 Å². The summed E-state index contributed by atoms with van der Waals surface area (Å²) in [5, 5.41) is 3.54. The minimum atomic E-state index is -0.188. The first-order chi connectivity index (χ1) is 9.47. The Hall–Kier alpha value is -1.62. The Morgan fingerprint density at radius 3 is 2.35 bits per heavy atom. The number of fused-ring (bicyclic) bond motifs is 1. The Morgan fingerprint density at radius 1 is 1.15 bits per heavy atom. The van der Waals surface area contributed by atoms with E-state index < -0.39 is 0 Å². The highest BCUT2D eigenvalue weighted by atomic mass is 32.2. The highest BCUT2D eigenvalue weighted by Crippen LogP contribution is 2.25. The van der Waals surface area contributed by atoms with E-state index in [4.69, 9.17) is 0 Å². The molecule has 0 aliphatic carbocycles. The Morgan fingerprint density at radius 2 is 1.75 bits per heavy atom. The summed E-state index contributed by atoms with van der Waals surface area (Å²) < 4.78 is 0. The van der Waals surface area contributed by atoms with Gasteiger partial charge in [-0.3, -0.25) is 4.79 Å². The average molecular weight is 289 g/mol. The third-order valence-corrected chi connectivity index (χ3v) is 3.97. The fourth-order valence-electron chi connectivity index (χ4n) is 1.81. The van der Waals surface area contributed by atoms with E-state index in [0.29, 0.717) is 0 Å². The lowest BCUT2D eigenvalue weighted by atomic mass is 10.3. The first-order valence-corrected chi connectivity index (χ1v) is 7.55. The number of rotatable bonds is 4. The van der Waals surface area contributed by atoms with Gasteiger partial charge in [0.15, 0.2) is 0 Å². The lowest BCUT2D eigenvalue weighted by molar-refractivity contribution is -0.120. The molecule has 4 nitrogen and oxygen atoms in total. The molecule has 0 aliphatic rings. The van der Waals surface area contributed by atoms with Crippen LogP contribution in [-0.4, -0.2) is 27.2 Å². The maximum Gasteiger partial charge on any atom is 0.233 e. The number of nitrogens with one attached hydrogen (secondary N) is 1. The fraction of sp³-hybridized carbons (Fsp3) is 0.400. The number of carbonyl (C=O) groups excluding carboxylic acids is 1. The third kappa shape index (κ3) is 3.48. The molecule has 0 bridgehead atoms. The van der Waals surface area contributed by atoms with Crippen molar-refractivity contribution in [2.24, 2.45) is 0 Å². The van der Waals surface area contributed by atoms with Crippen LogP contribution in [0.15, 0.2) is 29.3 Å². The van der Waals surface area contributed by atoms with E-state index in [1.54, 1.807) is 0 Å². The van der Waals surface area contributed by atoms with Crippen LogP contribution in [0.2, 0.25) is 0 Å². The van der Waals surface area contributed by atoms with Crippen LogP contribution in [0.5, 0.6) is 0 Å². The van der Waals surface area contributed by atoms with Crippen LogP contribution in [0.25, 0.3) is 11.0 Å². The maximum atomic E-state index is 12.0. The molecule has 2 aromatic rings. The van der Waals surface area contributed by atoms with Crippen molar-refractivity contribution in [1.82, 2.24) is 15.3 Å². The van der Waals surface area contributed by atoms with E-state index in [1.165, 1.54) is 11.8 Å². The molecule has 0 fully saturated rings. The molecule has 0 aliphatic heterocycles. The summed E-state index contributed by atoms with van der Waals surface area (Å²) in [4.78, 5) is 21.1. The summed E-state index contributed by atoms with van der Waals surface area (Å²) in [5.74, 6) is 0.0272. The minimum Gasteiger partial charge on any atom is -0.353 e. The van der Waals surface area contributed by atoms with E-state index in [2.05, 4.69) is 15.3 Å². The van der Waals surface area contributed by atoms with Gasteiger partial charge >= 0.3 is 0 Å². The van der Waals surface area contributed by atoms with Crippen LogP contribution < -0.4 is 5.32 Å². The SMILES string of the molecule is Cc1nc2ccccc2nc1SC(C)C(=O)NC(C)C. The van der Waals surface area contributed by atoms with Gasteiger partial charge in [-0.1, -0.05) is 23.9 Å². The summed E-state index contributed by atoms with van der Waals surface area (Å²) in [7, 11) is 0. The number of benzene rings is 1. The number of hydrogen-bond acceptors (Lipinski definition) is 4. The summed E-state index contributed by atoms with van der Waals surface area (Å²) >= 11 is 1.45. The maximum absolute atomic E-state index is 12.0. The summed E-state index contributed by atoms with van der Waals surface area (Å²) in [6.45, 7) is 7.72. The monoisotopic (exact) mass is 289 g/mol. The number of thioether (sulfide) groups is 1. The van der Waals surface area contributed by atoms with Crippen molar-refractivity contribution in [3.8, 4) is 0 Å². The number of hydrogen-bond donors (Lipinski definition) is 1. The lowest BCUT2D eigenvalue weighted by Gasteiger charge is -2.14. The molecule has 1 atom stereocenters. The van der Waals surface area contributed by atoms with E-state index in [1.807, 2.05) is 52.0 Å². The molecule has 1 heterocycles. The zero-order valence-electron chi connectivity index (χ0n) is 12.2. The molecule has 1 amide bonds. The molecule has 20 heavy (non-hydrogen) atoms. The average Bonchev–Trinajstić information content (AvgIpc) is 2.38. The molecule has 1 unspecified atom stereocenters. The molecular formula is C15H19N3OS. The molecule has 0 saturated carbocycles. The van der Waals surface area contributed by atoms with Crippen molar-refractivity contribution in [2.75, 3.05) is 0 Å². The van der Waals surface area contributed by atoms with Gasteiger partial charge < -0.3 is 5.32 Å². The molecule has 0 radical (unpaired) electrons. The van der Waals surface area contributed by atoms with E-state index in [0.717, 1.165) is 21.8 Å². The molecule has 1 aromatic carbocycles. The fourth-order valence-corrected chi connectivity index (χ4v) is 2.68. The molecule has 5 heteroatoms. The van der Waals surface area contributed by atoms with Crippen LogP contribution in [-0.2, 0) is 4.79 Å². The lowest BCUT2D eigenvalue weighted by Crippen LogP contribution is -2.35. The second-order valence-corrected chi connectivity index (χ2v) is 6.36. The van der Waals surface area contributed by atoms with Gasteiger partial charge in [-0.15, -0.1) is 0 Å². The first-order valence-electron chi connectivity index (χ1n) is 6.68. The molecule has 2 rings (SSSR count). The molecule has 1 N–H and O–H groups in total. The predicted octanol–water partition coefficient (Wildman–Crippen LogP) is 2.94. The second kappa shape index (κ2) is 6.22. The highest BCUT2D eigenvalue weighted by Gasteiger charge is 2.17. The molecule has 106 valence electrons. The van der Waals surface area contributed by atoms with Crippen molar-refractivity contribution >= 4 is 28.7 Å². The van der Waals surface area contributed by atoms with Gasteiger partial charge in [-0.25, -0.2) is 9.97 Å². The van der Waals surface area contributed by atoms with Crippen molar-refractivity contribution < 1.29 is 4.79 Å². The number of aryl methyl sites for hydroxylation is 1. The zero-order chi connectivity index (χ0) is 14.7. The Bertz CT molecular complexity index is 628. The van der Waals surface area contributed by atoms with Crippen molar-refractivity contribution in [1.29, 1.82) is 0 Å². The van der Waals surface area contributed by atoms with Crippen molar-refractivity contribution in [2.45, 2.75) is 44.0 Å². The van der Waals surface area contributed by atoms with Crippen molar-refractivity contribution in [3.63, 3.8) is 0 Å². The van der Waals surface area contributed by atoms with Gasteiger partial charge in [0.05, 0.1) is 22.0 Å². The summed E-state index contributed by atoms with van der Waals surface area (Å²) in [6.07, 6.45) is 0. The van der Waals surface area contributed by atoms with Gasteiger partial charge in [0, 0.05) is 6.04 Å². The van der Waals surface area contributed by atoms with Crippen molar-refractivity contribution in [3.05, 3.63) is 30.0 Å². The minimum absolute atomic E-state index is 0.0272. The first kappa shape index (κ1) is 14.8.